The van der Waals surface area contributed by atoms with E-state index in [0.29, 0.717) is 0 Å². The number of anilines is 6. The third-order valence-electron chi connectivity index (χ3n) is 26.7. The maximum Gasteiger partial charge on any atom is 0.0540 e. The van der Waals surface area contributed by atoms with Gasteiger partial charge >= 0.3 is 0 Å². The maximum atomic E-state index is 4.32. The molecule has 0 aliphatic rings. The quantitative estimate of drug-likeness (QED) is 0.0799. The fourth-order valence-corrected chi connectivity index (χ4v) is 21.2. The average Bonchev–Trinajstić information content (AvgIpc) is 1.36. The Hall–Kier alpha value is -17.0. The molecule has 26 aromatic rings. The van der Waals surface area contributed by atoms with Crippen LogP contribution in [-0.2, 0) is 20.1 Å². The molecule has 0 aliphatic carbocycles. The van der Waals surface area contributed by atoms with Gasteiger partial charge in [0, 0.05) is 80.0 Å². The van der Waals surface area contributed by atoms with Gasteiger partial charge in [-0.15, -0.1) is 47.2 Å². The molecule has 0 bridgehead atoms. The SMILES string of the molecule is Cc1cccnc1-c1[c-]cccc1.[Ir].c1cc(-c2ccc3c4ccccc4c4ccccc4c3c2)cc(-c2cccc3c2sc2ccccc23)c1.c1ccc(-c2ccc(-c3cccc(-c4cccc(-c5ccc6c7ccccc7c7ccccc7c6c5)c4)c3)cc2)cc1.c1ccc(N(c2ccc(-c3ccc(N(c4ccccc4)c4cccc5ccccc45)cc3)cc2)c2cccc3ccccc23)cc1. The van der Waals surface area contributed by atoms with Gasteiger partial charge in [0.15, 0.2) is 0 Å². The van der Waals surface area contributed by atoms with Crippen LogP contribution in [0.25, 0.3) is 195 Å². The molecule has 139 heavy (non-hydrogen) atoms. The van der Waals surface area contributed by atoms with Crippen LogP contribution in [0.1, 0.15) is 5.56 Å². The molecule has 0 saturated heterocycles. The number of fused-ring (bicyclic) bond motifs is 17. The van der Waals surface area contributed by atoms with Crippen LogP contribution in [0.5, 0.6) is 0 Å². The Kier molecular flexibility index (Phi) is 24.8. The van der Waals surface area contributed by atoms with Crippen molar-refractivity contribution in [3.05, 3.63) is 552 Å². The minimum absolute atomic E-state index is 0. The second-order valence-electron chi connectivity index (χ2n) is 35.0. The number of para-hydroxylation sites is 2. The number of rotatable bonds is 14. The van der Waals surface area contributed by atoms with Crippen molar-refractivity contribution in [1.29, 1.82) is 0 Å². The van der Waals surface area contributed by atoms with Gasteiger partial charge in [-0.05, 0) is 269 Å². The first-order valence-corrected chi connectivity index (χ1v) is 48.0. The first-order chi connectivity index (χ1) is 68.4. The van der Waals surface area contributed by atoms with Gasteiger partial charge < -0.3 is 14.8 Å². The van der Waals surface area contributed by atoms with E-state index in [-0.39, 0.29) is 20.1 Å². The van der Waals surface area contributed by atoms with Gasteiger partial charge in [-0.1, -0.05) is 412 Å². The Bertz CT molecular complexity index is 8710. The Morgan fingerprint density at radius 1 is 0.209 bits per heavy atom. The topological polar surface area (TPSA) is 19.4 Å². The minimum Gasteiger partial charge on any atom is -0.310 e. The summed E-state index contributed by atoms with van der Waals surface area (Å²) in [6.07, 6.45) is 1.81. The Morgan fingerprint density at radius 3 is 0.957 bits per heavy atom. The molecule has 2 aromatic heterocycles. The van der Waals surface area contributed by atoms with E-state index in [4.69, 9.17) is 0 Å². The maximum absolute atomic E-state index is 4.32. The van der Waals surface area contributed by atoms with Crippen molar-refractivity contribution in [1.82, 2.24) is 4.98 Å². The number of thiophene rings is 1. The Balaban J connectivity index is 0.000000113. The zero-order valence-electron chi connectivity index (χ0n) is 76.5. The molecule has 659 valence electrons. The molecule has 0 spiro atoms. The smallest absolute Gasteiger partial charge is 0.0540 e. The van der Waals surface area contributed by atoms with Gasteiger partial charge in [0.1, 0.15) is 0 Å². The Morgan fingerprint density at radius 2 is 0.511 bits per heavy atom. The van der Waals surface area contributed by atoms with Crippen molar-refractivity contribution in [2.75, 3.05) is 9.80 Å². The summed E-state index contributed by atoms with van der Waals surface area (Å²) in [6, 6.07) is 195. The number of nitrogens with zero attached hydrogens (tertiary/aromatic N) is 3. The summed E-state index contributed by atoms with van der Waals surface area (Å²) in [5.41, 5.74) is 27.3. The number of hydrogen-bond donors (Lipinski definition) is 0. The molecule has 26 rings (SSSR count). The zero-order valence-corrected chi connectivity index (χ0v) is 79.7. The molecule has 0 saturated carbocycles. The second kappa shape index (κ2) is 39.5. The Labute approximate surface area is 827 Å². The van der Waals surface area contributed by atoms with Gasteiger partial charge in [0.25, 0.3) is 0 Å². The molecule has 0 aliphatic heterocycles. The van der Waals surface area contributed by atoms with Gasteiger partial charge in [-0.3, -0.25) is 0 Å². The van der Waals surface area contributed by atoms with Crippen LogP contribution in [0, 0.1) is 13.0 Å². The van der Waals surface area contributed by atoms with Crippen molar-refractivity contribution < 1.29 is 20.1 Å². The largest absolute Gasteiger partial charge is 0.310 e. The van der Waals surface area contributed by atoms with E-state index in [2.05, 4.69) is 531 Å². The van der Waals surface area contributed by atoms with Gasteiger partial charge in [-0.25, -0.2) is 0 Å². The number of pyridine rings is 1. The molecular formula is C134H92IrN3S-. The number of hydrogen-bond acceptors (Lipinski definition) is 4. The van der Waals surface area contributed by atoms with Crippen LogP contribution in [-0.4, -0.2) is 4.98 Å². The van der Waals surface area contributed by atoms with E-state index in [0.717, 1.165) is 45.4 Å². The normalized spacial score (nSPS) is 11.1. The number of aryl methyl sites for hydroxylation is 1. The van der Waals surface area contributed by atoms with E-state index in [1.807, 2.05) is 47.9 Å². The van der Waals surface area contributed by atoms with E-state index in [1.54, 1.807) is 0 Å². The molecule has 3 nitrogen and oxygen atoms in total. The molecular weight excluding hydrogens is 1880 g/mol. The second-order valence-corrected chi connectivity index (χ2v) is 36.1. The summed E-state index contributed by atoms with van der Waals surface area (Å²) in [5, 5.41) is 23.3. The number of aromatic nitrogens is 1. The standard InChI is InChI=1S/C44H32N2.C42H28.C36H22S.C12H10N.Ir/c1-3-17-37(18-4-1)45(43-23-11-15-35-13-7-9-21-41(35)43)39-29-25-33(26-30-39)34-27-31-40(32-28-34)46(38-19-5-2-6-20-38)44-24-12-16-36-14-8-10-22-42(36)44;1-2-10-29(11-3-1)30-20-22-31(23-21-30)32-12-8-13-33(26-32)34-14-9-15-35(27-34)36-24-25-41-39-18-5-4-16-37(39)38-17-6-7-19-40(38)42(41)28-36;1-2-13-29-27(11-1)28-12-3-4-14-30(28)34-22-24(19-20-31(29)34)23-9-7-10-25(21-23)26-16-8-17-33-32-15-5-6-18-35(32)37-36(26)33;1-10-6-5-9-13-12(10)11-7-3-2-4-8-11;/h1-32H;1-28H;1-22H;2-7,9H,1H3;/q;;;-1;. The first kappa shape index (κ1) is 87.3. The van der Waals surface area contributed by atoms with Gasteiger partial charge in [0.2, 0.25) is 0 Å². The monoisotopic (exact) mass is 1970 g/mol. The van der Waals surface area contributed by atoms with Crippen molar-refractivity contribution >= 4 is 152 Å². The molecule has 24 aromatic carbocycles. The third kappa shape index (κ3) is 17.7. The van der Waals surface area contributed by atoms with E-state index in [1.165, 1.54) is 190 Å². The molecule has 1 radical (unpaired) electrons. The zero-order chi connectivity index (χ0) is 92.0. The summed E-state index contributed by atoms with van der Waals surface area (Å²) >= 11 is 1.89. The summed E-state index contributed by atoms with van der Waals surface area (Å²) < 4.78 is 2.70. The van der Waals surface area contributed by atoms with E-state index < -0.39 is 0 Å². The predicted molar refractivity (Wildman–Crippen MR) is 593 cm³/mol. The van der Waals surface area contributed by atoms with Crippen LogP contribution in [0.3, 0.4) is 0 Å². The first-order valence-electron chi connectivity index (χ1n) is 47.2. The van der Waals surface area contributed by atoms with Crippen molar-refractivity contribution in [3.63, 3.8) is 0 Å². The van der Waals surface area contributed by atoms with Crippen LogP contribution in [0.15, 0.2) is 540 Å². The molecule has 0 amide bonds. The summed E-state index contributed by atoms with van der Waals surface area (Å²) in [7, 11) is 0. The van der Waals surface area contributed by atoms with Crippen molar-refractivity contribution in [2.45, 2.75) is 6.92 Å². The molecule has 2 heterocycles. The summed E-state index contributed by atoms with van der Waals surface area (Å²) in [5.74, 6) is 0. The average molecular weight is 1970 g/mol. The molecule has 5 heteroatoms. The third-order valence-corrected chi connectivity index (χ3v) is 27.9. The van der Waals surface area contributed by atoms with E-state index in [9.17, 15) is 0 Å². The van der Waals surface area contributed by atoms with Crippen LogP contribution >= 0.6 is 11.3 Å². The van der Waals surface area contributed by atoms with Crippen molar-refractivity contribution in [2.24, 2.45) is 0 Å². The minimum atomic E-state index is 0. The predicted octanol–water partition coefficient (Wildman–Crippen LogP) is 38.1. The van der Waals surface area contributed by atoms with Gasteiger partial charge in [0.05, 0.1) is 11.4 Å². The summed E-state index contributed by atoms with van der Waals surface area (Å²) in [6.45, 7) is 2.06. The van der Waals surface area contributed by atoms with E-state index >= 15 is 0 Å². The fraction of sp³-hybridized carbons (Fsp3) is 0.00746. The van der Waals surface area contributed by atoms with Crippen molar-refractivity contribution in [3.8, 4) is 89.1 Å². The molecule has 0 fully saturated rings. The van der Waals surface area contributed by atoms with Crippen LogP contribution in [0.2, 0.25) is 0 Å². The summed E-state index contributed by atoms with van der Waals surface area (Å²) in [4.78, 5) is 9.01. The number of benzene rings is 24. The molecule has 0 N–H and O–H groups in total. The fourth-order valence-electron chi connectivity index (χ4n) is 20.0. The van der Waals surface area contributed by atoms with Crippen LogP contribution < -0.4 is 9.80 Å². The molecule has 0 atom stereocenters. The van der Waals surface area contributed by atoms with Gasteiger partial charge in [-0.2, -0.15) is 0 Å². The molecule has 0 unspecified atom stereocenters. The van der Waals surface area contributed by atoms with Crippen LogP contribution in [0.4, 0.5) is 34.1 Å².